The number of nitrogens with one attached hydrogen (secondary N) is 1. The third-order valence-corrected chi connectivity index (χ3v) is 4.76. The van der Waals surface area contributed by atoms with E-state index in [9.17, 15) is 18.0 Å². The summed E-state index contributed by atoms with van der Waals surface area (Å²) in [6, 6.07) is -0.764. The van der Waals surface area contributed by atoms with E-state index in [0.29, 0.717) is 12.8 Å². The average Bonchev–Trinajstić information content (AvgIpc) is 2.25. The molecule has 1 rings (SSSR count). The van der Waals surface area contributed by atoms with E-state index in [2.05, 4.69) is 5.32 Å². The Bertz CT molecular complexity index is 430. The molecule has 1 unspecified atom stereocenters. The first-order chi connectivity index (χ1) is 8.27. The van der Waals surface area contributed by atoms with Gasteiger partial charge in [0.15, 0.2) is 0 Å². The van der Waals surface area contributed by atoms with Crippen molar-refractivity contribution in [1.82, 2.24) is 9.62 Å². The number of carbonyl (C=O) groups is 2. The topological polar surface area (TPSA) is 83.6 Å². The van der Waals surface area contributed by atoms with Crippen LogP contribution in [0, 0.1) is 5.92 Å². The summed E-state index contributed by atoms with van der Waals surface area (Å²) in [5, 5.41) is 2.16. The lowest BCUT2D eigenvalue weighted by Gasteiger charge is -2.32. The van der Waals surface area contributed by atoms with Crippen LogP contribution in [-0.2, 0) is 19.6 Å². The Morgan fingerprint density at radius 3 is 2.50 bits per heavy atom. The minimum atomic E-state index is -3.55. The maximum absolute atomic E-state index is 12.1. The molecule has 0 bridgehead atoms. The van der Waals surface area contributed by atoms with Gasteiger partial charge in [-0.3, -0.25) is 14.9 Å². The normalized spacial score (nSPS) is 22.3. The van der Waals surface area contributed by atoms with Crippen LogP contribution >= 0.6 is 0 Å². The number of piperazine rings is 1. The van der Waals surface area contributed by atoms with E-state index in [4.69, 9.17) is 0 Å². The van der Waals surface area contributed by atoms with E-state index in [-0.39, 0.29) is 18.2 Å². The fourth-order valence-electron chi connectivity index (χ4n) is 1.83. The number of rotatable bonds is 5. The molecular weight excluding hydrogens is 256 g/mol. The van der Waals surface area contributed by atoms with E-state index < -0.39 is 27.9 Å². The standard InChI is InChI=1S/C11H20N2O4S/c1-4-9-11(15)12-10(14)7-13(9)18(16,17)6-5-8(2)3/h8-9H,4-7H2,1-3H3,(H,12,14,15). The van der Waals surface area contributed by atoms with Crippen LogP contribution in [0.4, 0.5) is 0 Å². The van der Waals surface area contributed by atoms with Gasteiger partial charge in [0.1, 0.15) is 6.04 Å². The SMILES string of the molecule is CCC1C(=O)NC(=O)CN1S(=O)(=O)CCC(C)C. The van der Waals surface area contributed by atoms with Gasteiger partial charge in [0.25, 0.3) is 0 Å². The molecule has 7 heteroatoms. The van der Waals surface area contributed by atoms with Gasteiger partial charge in [0.05, 0.1) is 12.3 Å². The molecule has 6 nitrogen and oxygen atoms in total. The third-order valence-electron chi connectivity index (χ3n) is 2.91. The summed E-state index contributed by atoms with van der Waals surface area (Å²) in [6.45, 7) is 5.33. The Morgan fingerprint density at radius 2 is 2.00 bits per heavy atom. The van der Waals surface area contributed by atoms with Crippen molar-refractivity contribution in [3.63, 3.8) is 0 Å². The first kappa shape index (κ1) is 15.1. The molecule has 1 heterocycles. The average molecular weight is 276 g/mol. The summed E-state index contributed by atoms with van der Waals surface area (Å²) in [6.07, 6.45) is 0.880. The minimum Gasteiger partial charge on any atom is -0.294 e. The fourth-order valence-corrected chi connectivity index (χ4v) is 3.78. The monoisotopic (exact) mass is 276 g/mol. The Labute approximate surface area is 108 Å². The molecule has 18 heavy (non-hydrogen) atoms. The zero-order valence-electron chi connectivity index (χ0n) is 11.0. The second-order valence-corrected chi connectivity index (χ2v) is 6.92. The van der Waals surface area contributed by atoms with Crippen molar-refractivity contribution in [3.05, 3.63) is 0 Å². The number of carbonyl (C=O) groups excluding carboxylic acids is 2. The Balaban J connectivity index is 2.89. The lowest BCUT2D eigenvalue weighted by molar-refractivity contribution is -0.137. The van der Waals surface area contributed by atoms with Gasteiger partial charge in [-0.15, -0.1) is 0 Å². The van der Waals surface area contributed by atoms with Gasteiger partial charge < -0.3 is 0 Å². The number of imide groups is 1. The van der Waals surface area contributed by atoms with Crippen LogP contribution in [-0.4, -0.2) is 42.9 Å². The Kier molecular flexibility index (Phi) is 4.86. The van der Waals surface area contributed by atoms with E-state index in [1.807, 2.05) is 13.8 Å². The van der Waals surface area contributed by atoms with Crippen molar-refractivity contribution in [1.29, 1.82) is 0 Å². The Hall–Kier alpha value is -0.950. The molecule has 2 amide bonds. The highest BCUT2D eigenvalue weighted by atomic mass is 32.2. The number of amides is 2. The van der Waals surface area contributed by atoms with E-state index in [1.54, 1.807) is 6.92 Å². The van der Waals surface area contributed by atoms with Gasteiger partial charge in [-0.25, -0.2) is 8.42 Å². The number of nitrogens with zero attached hydrogens (tertiary/aromatic N) is 1. The van der Waals surface area contributed by atoms with Crippen LogP contribution in [0.25, 0.3) is 0 Å². The van der Waals surface area contributed by atoms with Crippen molar-refractivity contribution in [2.24, 2.45) is 5.92 Å². The molecular formula is C11H20N2O4S. The van der Waals surface area contributed by atoms with Gasteiger partial charge in [-0.2, -0.15) is 4.31 Å². The highest BCUT2D eigenvalue weighted by molar-refractivity contribution is 7.89. The molecule has 1 atom stereocenters. The summed E-state index contributed by atoms with van der Waals surface area (Å²) in [4.78, 5) is 22.9. The fraction of sp³-hybridized carbons (Fsp3) is 0.818. The molecule has 0 aromatic rings. The van der Waals surface area contributed by atoms with Crippen molar-refractivity contribution in [2.45, 2.75) is 39.7 Å². The molecule has 1 N–H and O–H groups in total. The number of hydrogen-bond acceptors (Lipinski definition) is 4. The number of sulfonamides is 1. The van der Waals surface area contributed by atoms with Crippen LogP contribution in [0.5, 0.6) is 0 Å². The molecule has 1 aliphatic rings. The van der Waals surface area contributed by atoms with E-state index in [0.717, 1.165) is 4.31 Å². The second-order valence-electron chi connectivity index (χ2n) is 4.88. The lowest BCUT2D eigenvalue weighted by Crippen LogP contribution is -2.59. The second kappa shape index (κ2) is 5.79. The predicted octanol–water partition coefficient (Wildman–Crippen LogP) is 0.0993. The highest BCUT2D eigenvalue weighted by Crippen LogP contribution is 2.16. The first-order valence-electron chi connectivity index (χ1n) is 6.11. The van der Waals surface area contributed by atoms with Crippen LogP contribution in [0.2, 0.25) is 0 Å². The summed E-state index contributed by atoms with van der Waals surface area (Å²) >= 11 is 0. The molecule has 0 aromatic carbocycles. The largest absolute Gasteiger partial charge is 0.294 e. The predicted molar refractivity (Wildman–Crippen MR) is 67.2 cm³/mol. The summed E-state index contributed by atoms with van der Waals surface area (Å²) < 4.78 is 25.3. The van der Waals surface area contributed by atoms with Crippen molar-refractivity contribution in [2.75, 3.05) is 12.3 Å². The van der Waals surface area contributed by atoms with Crippen LogP contribution in [0.1, 0.15) is 33.6 Å². The van der Waals surface area contributed by atoms with Gasteiger partial charge >= 0.3 is 0 Å². The zero-order valence-corrected chi connectivity index (χ0v) is 11.8. The van der Waals surface area contributed by atoms with E-state index >= 15 is 0 Å². The van der Waals surface area contributed by atoms with Crippen LogP contribution in [0.3, 0.4) is 0 Å². The maximum Gasteiger partial charge on any atom is 0.245 e. The molecule has 1 aliphatic heterocycles. The zero-order chi connectivity index (χ0) is 13.9. The first-order valence-corrected chi connectivity index (χ1v) is 7.72. The molecule has 0 radical (unpaired) electrons. The smallest absolute Gasteiger partial charge is 0.245 e. The molecule has 1 fully saturated rings. The summed E-state index contributed by atoms with van der Waals surface area (Å²) in [7, 11) is -3.55. The van der Waals surface area contributed by atoms with Crippen LogP contribution in [0.15, 0.2) is 0 Å². The molecule has 0 saturated carbocycles. The summed E-state index contributed by atoms with van der Waals surface area (Å²) in [5.41, 5.74) is 0. The molecule has 0 aromatic heterocycles. The van der Waals surface area contributed by atoms with Gasteiger partial charge in [0, 0.05) is 0 Å². The van der Waals surface area contributed by atoms with Crippen molar-refractivity contribution in [3.8, 4) is 0 Å². The van der Waals surface area contributed by atoms with Gasteiger partial charge in [0.2, 0.25) is 21.8 Å². The third kappa shape index (κ3) is 3.52. The van der Waals surface area contributed by atoms with Gasteiger partial charge in [-0.1, -0.05) is 20.8 Å². The summed E-state index contributed by atoms with van der Waals surface area (Å²) in [5.74, 6) is -0.851. The van der Waals surface area contributed by atoms with Crippen molar-refractivity contribution >= 4 is 21.8 Å². The van der Waals surface area contributed by atoms with Crippen LogP contribution < -0.4 is 5.32 Å². The molecule has 0 aliphatic carbocycles. The van der Waals surface area contributed by atoms with Crippen molar-refractivity contribution < 1.29 is 18.0 Å². The number of hydrogen-bond donors (Lipinski definition) is 1. The van der Waals surface area contributed by atoms with Gasteiger partial charge in [-0.05, 0) is 18.8 Å². The highest BCUT2D eigenvalue weighted by Gasteiger charge is 2.39. The Morgan fingerprint density at radius 1 is 1.39 bits per heavy atom. The quantitative estimate of drug-likeness (QED) is 0.722. The molecule has 0 spiro atoms. The molecule has 104 valence electrons. The maximum atomic E-state index is 12.1. The molecule has 1 saturated heterocycles. The lowest BCUT2D eigenvalue weighted by atomic mass is 10.2. The van der Waals surface area contributed by atoms with E-state index in [1.165, 1.54) is 0 Å². The minimum absolute atomic E-state index is 0.0261.